The minimum absolute atomic E-state index is 0.132. The first-order chi connectivity index (χ1) is 8.52. The number of hydrogen-bond donors (Lipinski definition) is 2. The summed E-state index contributed by atoms with van der Waals surface area (Å²) in [5, 5.41) is 5.42. The van der Waals surface area contributed by atoms with Crippen LogP contribution in [-0.2, 0) is 9.59 Å². The van der Waals surface area contributed by atoms with Crippen LogP contribution in [-0.4, -0.2) is 18.4 Å². The summed E-state index contributed by atoms with van der Waals surface area (Å²) in [6.07, 6.45) is 0.734. The maximum Gasteiger partial charge on any atom is 0.233 e. The molecule has 0 fully saturated rings. The van der Waals surface area contributed by atoms with Gasteiger partial charge in [0.15, 0.2) is 0 Å². The second-order valence-electron chi connectivity index (χ2n) is 4.39. The summed E-state index contributed by atoms with van der Waals surface area (Å²) in [4.78, 5) is 23.0. The van der Waals surface area contributed by atoms with Gasteiger partial charge >= 0.3 is 0 Å². The summed E-state index contributed by atoms with van der Waals surface area (Å²) >= 11 is 0. The highest BCUT2D eigenvalue weighted by atomic mass is 16.2. The van der Waals surface area contributed by atoms with Gasteiger partial charge in [-0.2, -0.15) is 0 Å². The van der Waals surface area contributed by atoms with Crippen molar-refractivity contribution in [2.24, 2.45) is 0 Å². The van der Waals surface area contributed by atoms with Crippen molar-refractivity contribution in [3.8, 4) is 0 Å². The number of carbonyl (C=O) groups excluding carboxylic acids is 2. The number of aryl methyl sites for hydroxylation is 2. The van der Waals surface area contributed by atoms with E-state index in [1.165, 1.54) is 0 Å². The third-order valence-corrected chi connectivity index (χ3v) is 2.55. The van der Waals surface area contributed by atoms with Gasteiger partial charge in [0, 0.05) is 12.2 Å². The predicted octanol–water partition coefficient (Wildman–Crippen LogP) is 2.16. The molecular formula is C14H20N2O2. The molecular weight excluding hydrogens is 228 g/mol. The Bertz CT molecular complexity index is 441. The van der Waals surface area contributed by atoms with E-state index in [9.17, 15) is 9.59 Å². The number of hydrogen-bond acceptors (Lipinski definition) is 2. The third-order valence-electron chi connectivity index (χ3n) is 2.55. The zero-order valence-electron chi connectivity index (χ0n) is 11.2. The van der Waals surface area contributed by atoms with Gasteiger partial charge in [-0.3, -0.25) is 9.59 Å². The van der Waals surface area contributed by atoms with Crippen LogP contribution in [0.1, 0.15) is 30.9 Å². The number of amides is 2. The van der Waals surface area contributed by atoms with Crippen molar-refractivity contribution in [2.45, 2.75) is 33.6 Å². The van der Waals surface area contributed by atoms with Crippen LogP contribution in [0, 0.1) is 13.8 Å². The molecule has 0 spiro atoms. The number of anilines is 1. The molecule has 0 saturated carbocycles. The second-order valence-corrected chi connectivity index (χ2v) is 4.39. The summed E-state index contributed by atoms with van der Waals surface area (Å²) in [5.74, 6) is -0.519. The average molecular weight is 248 g/mol. The first kappa shape index (κ1) is 14.2. The van der Waals surface area contributed by atoms with Gasteiger partial charge in [-0.05, 0) is 31.9 Å². The maximum absolute atomic E-state index is 11.7. The monoisotopic (exact) mass is 248 g/mol. The van der Waals surface area contributed by atoms with Gasteiger partial charge < -0.3 is 10.6 Å². The van der Waals surface area contributed by atoms with E-state index in [-0.39, 0.29) is 18.2 Å². The van der Waals surface area contributed by atoms with Crippen molar-refractivity contribution >= 4 is 17.5 Å². The molecule has 98 valence electrons. The fourth-order valence-corrected chi connectivity index (χ4v) is 1.62. The Morgan fingerprint density at radius 2 is 1.89 bits per heavy atom. The minimum Gasteiger partial charge on any atom is -0.356 e. The minimum atomic E-state index is -0.282. The van der Waals surface area contributed by atoms with E-state index in [2.05, 4.69) is 10.6 Å². The van der Waals surface area contributed by atoms with Crippen LogP contribution >= 0.6 is 0 Å². The Morgan fingerprint density at radius 1 is 1.17 bits per heavy atom. The highest BCUT2D eigenvalue weighted by molar-refractivity contribution is 6.03. The molecule has 0 radical (unpaired) electrons. The first-order valence-electron chi connectivity index (χ1n) is 6.16. The number of carbonyl (C=O) groups is 2. The molecule has 18 heavy (non-hydrogen) atoms. The van der Waals surface area contributed by atoms with E-state index in [0.717, 1.165) is 23.2 Å². The summed E-state index contributed by atoms with van der Waals surface area (Å²) < 4.78 is 0. The van der Waals surface area contributed by atoms with Crippen molar-refractivity contribution in [1.29, 1.82) is 0 Å². The van der Waals surface area contributed by atoms with Crippen LogP contribution in [0.2, 0.25) is 0 Å². The lowest BCUT2D eigenvalue weighted by molar-refractivity contribution is -0.126. The summed E-state index contributed by atoms with van der Waals surface area (Å²) in [6.45, 7) is 6.50. The highest BCUT2D eigenvalue weighted by Crippen LogP contribution is 2.16. The van der Waals surface area contributed by atoms with Gasteiger partial charge in [0.25, 0.3) is 0 Å². The van der Waals surface area contributed by atoms with Crippen molar-refractivity contribution < 1.29 is 9.59 Å². The molecule has 2 amide bonds. The van der Waals surface area contributed by atoms with E-state index in [1.807, 2.05) is 39.0 Å². The Labute approximate surface area is 108 Å². The van der Waals surface area contributed by atoms with E-state index in [4.69, 9.17) is 0 Å². The largest absolute Gasteiger partial charge is 0.356 e. The van der Waals surface area contributed by atoms with E-state index in [1.54, 1.807) is 0 Å². The molecule has 2 N–H and O–H groups in total. The van der Waals surface area contributed by atoms with Crippen molar-refractivity contribution in [3.63, 3.8) is 0 Å². The molecule has 0 bridgehead atoms. The standard InChI is InChI=1S/C14H20N2O2/c1-4-7-15-13(17)9-14(18)16-12-6-5-10(2)8-11(12)3/h5-6,8H,4,7,9H2,1-3H3,(H,15,17)(H,16,18). The van der Waals surface area contributed by atoms with Crippen molar-refractivity contribution in [2.75, 3.05) is 11.9 Å². The molecule has 4 nitrogen and oxygen atoms in total. The van der Waals surface area contributed by atoms with E-state index < -0.39 is 0 Å². The Balaban J connectivity index is 2.51. The van der Waals surface area contributed by atoms with Crippen LogP contribution in [0.5, 0.6) is 0 Å². The van der Waals surface area contributed by atoms with Gasteiger partial charge in [-0.1, -0.05) is 24.6 Å². The van der Waals surface area contributed by atoms with Crippen LogP contribution in [0.15, 0.2) is 18.2 Å². The fraction of sp³-hybridized carbons (Fsp3) is 0.429. The number of benzene rings is 1. The highest BCUT2D eigenvalue weighted by Gasteiger charge is 2.09. The molecule has 1 aromatic rings. The first-order valence-corrected chi connectivity index (χ1v) is 6.16. The van der Waals surface area contributed by atoms with Gasteiger partial charge in [0.05, 0.1) is 0 Å². The lowest BCUT2D eigenvalue weighted by Gasteiger charge is -2.09. The molecule has 0 atom stereocenters. The molecule has 0 unspecified atom stereocenters. The normalized spacial score (nSPS) is 9.94. The lowest BCUT2D eigenvalue weighted by atomic mass is 10.1. The quantitative estimate of drug-likeness (QED) is 0.784. The summed E-state index contributed by atoms with van der Waals surface area (Å²) in [5.41, 5.74) is 2.90. The number of nitrogens with one attached hydrogen (secondary N) is 2. The van der Waals surface area contributed by atoms with Gasteiger partial charge in [0.1, 0.15) is 6.42 Å². The zero-order chi connectivity index (χ0) is 13.5. The second kappa shape index (κ2) is 6.79. The average Bonchev–Trinajstić information content (AvgIpc) is 2.30. The van der Waals surface area contributed by atoms with Gasteiger partial charge in [0.2, 0.25) is 11.8 Å². The SMILES string of the molecule is CCCNC(=O)CC(=O)Nc1ccc(C)cc1C. The smallest absolute Gasteiger partial charge is 0.233 e. The molecule has 0 aliphatic heterocycles. The Hall–Kier alpha value is -1.84. The molecule has 0 aromatic heterocycles. The summed E-state index contributed by atoms with van der Waals surface area (Å²) in [7, 11) is 0. The van der Waals surface area contributed by atoms with Crippen LogP contribution in [0.25, 0.3) is 0 Å². The van der Waals surface area contributed by atoms with Gasteiger partial charge in [-0.25, -0.2) is 0 Å². The zero-order valence-corrected chi connectivity index (χ0v) is 11.2. The van der Waals surface area contributed by atoms with E-state index >= 15 is 0 Å². The predicted molar refractivity (Wildman–Crippen MR) is 72.5 cm³/mol. The molecule has 0 aliphatic rings. The molecule has 0 saturated heterocycles. The fourth-order valence-electron chi connectivity index (χ4n) is 1.62. The molecule has 4 heteroatoms. The molecule has 1 rings (SSSR count). The van der Waals surface area contributed by atoms with Crippen LogP contribution in [0.4, 0.5) is 5.69 Å². The van der Waals surface area contributed by atoms with Gasteiger partial charge in [-0.15, -0.1) is 0 Å². The molecule has 0 heterocycles. The Kier molecular flexibility index (Phi) is 5.36. The molecule has 0 aliphatic carbocycles. The summed E-state index contributed by atoms with van der Waals surface area (Å²) in [6, 6.07) is 5.78. The Morgan fingerprint density at radius 3 is 2.50 bits per heavy atom. The van der Waals surface area contributed by atoms with Crippen molar-refractivity contribution in [3.05, 3.63) is 29.3 Å². The lowest BCUT2D eigenvalue weighted by Crippen LogP contribution is -2.28. The maximum atomic E-state index is 11.7. The van der Waals surface area contributed by atoms with Crippen LogP contribution in [0.3, 0.4) is 0 Å². The number of rotatable bonds is 5. The topological polar surface area (TPSA) is 58.2 Å². The third kappa shape index (κ3) is 4.57. The molecule has 1 aromatic carbocycles. The van der Waals surface area contributed by atoms with E-state index in [0.29, 0.717) is 6.54 Å². The van der Waals surface area contributed by atoms with Crippen molar-refractivity contribution in [1.82, 2.24) is 5.32 Å². The van der Waals surface area contributed by atoms with Crippen LogP contribution < -0.4 is 10.6 Å².